The van der Waals surface area contributed by atoms with Gasteiger partial charge in [-0.3, -0.25) is 14.3 Å². The van der Waals surface area contributed by atoms with Crippen molar-refractivity contribution in [3.05, 3.63) is 31.8 Å². The molecule has 0 saturated carbocycles. The minimum Gasteiger partial charge on any atom is -0.393 e. The third-order valence-corrected chi connectivity index (χ3v) is 3.55. The highest BCUT2D eigenvalue weighted by Crippen LogP contribution is 2.18. The Hall–Kier alpha value is -1.47. The first-order chi connectivity index (χ1) is 7.99. The van der Waals surface area contributed by atoms with E-state index >= 15 is 0 Å². The van der Waals surface area contributed by atoms with Crippen LogP contribution >= 0.6 is 23.6 Å². The van der Waals surface area contributed by atoms with Crippen molar-refractivity contribution in [1.29, 1.82) is 0 Å². The van der Waals surface area contributed by atoms with Gasteiger partial charge in [-0.15, -0.1) is 11.3 Å². The molecule has 0 amide bonds. The van der Waals surface area contributed by atoms with Gasteiger partial charge in [0.25, 0.3) is 5.56 Å². The number of thiocarbonyl (C=S) groups is 1. The lowest BCUT2D eigenvalue weighted by molar-refractivity contribution is 0.659. The fraction of sp³-hybridized carbons (Fsp3) is 0.300. The number of nitrogens with two attached hydrogens (primary N) is 1. The van der Waals surface area contributed by atoms with Crippen LogP contribution < -0.4 is 17.0 Å². The van der Waals surface area contributed by atoms with Crippen molar-refractivity contribution in [1.82, 2.24) is 9.55 Å². The summed E-state index contributed by atoms with van der Waals surface area (Å²) in [5, 5.41) is 0.537. The van der Waals surface area contributed by atoms with Crippen molar-refractivity contribution < 1.29 is 0 Å². The molecule has 0 bridgehead atoms. The lowest BCUT2D eigenvalue weighted by atomic mass is 10.3. The Balaban J connectivity index is 2.59. The van der Waals surface area contributed by atoms with Gasteiger partial charge in [0.1, 0.15) is 4.83 Å². The Bertz CT molecular complexity index is 696. The number of thiophene rings is 1. The fourth-order valence-corrected chi connectivity index (χ4v) is 2.58. The van der Waals surface area contributed by atoms with Gasteiger partial charge in [-0.1, -0.05) is 12.2 Å². The second-order valence-corrected chi connectivity index (χ2v) is 5.48. The number of rotatable bonds is 3. The van der Waals surface area contributed by atoms with E-state index < -0.39 is 5.69 Å². The molecule has 0 saturated heterocycles. The Morgan fingerprint density at radius 1 is 1.59 bits per heavy atom. The van der Waals surface area contributed by atoms with Crippen LogP contribution in [0.2, 0.25) is 0 Å². The summed E-state index contributed by atoms with van der Waals surface area (Å²) in [6.07, 6.45) is 0.340. The van der Waals surface area contributed by atoms with E-state index in [4.69, 9.17) is 18.0 Å². The van der Waals surface area contributed by atoms with E-state index in [9.17, 15) is 9.59 Å². The number of nitrogens with zero attached hydrogens (tertiary/aromatic N) is 1. The summed E-state index contributed by atoms with van der Waals surface area (Å²) < 4.78 is 1.13. The van der Waals surface area contributed by atoms with Crippen LogP contribution in [-0.4, -0.2) is 14.5 Å². The molecule has 0 radical (unpaired) electrons. The maximum atomic E-state index is 12.0. The molecule has 7 heteroatoms. The first kappa shape index (κ1) is 12.0. The predicted molar refractivity (Wildman–Crippen MR) is 72.8 cm³/mol. The second kappa shape index (κ2) is 4.42. The number of nitrogens with one attached hydrogen (secondary N) is 1. The monoisotopic (exact) mass is 269 g/mol. The van der Waals surface area contributed by atoms with Crippen LogP contribution in [-0.2, 0) is 6.54 Å². The van der Waals surface area contributed by atoms with Crippen molar-refractivity contribution in [2.24, 2.45) is 5.73 Å². The van der Waals surface area contributed by atoms with Crippen molar-refractivity contribution >= 4 is 38.8 Å². The van der Waals surface area contributed by atoms with Crippen LogP contribution in [0.1, 0.15) is 11.3 Å². The molecular formula is C10H11N3O2S2. The average Bonchev–Trinajstić information content (AvgIpc) is 2.58. The van der Waals surface area contributed by atoms with Crippen LogP contribution in [0.4, 0.5) is 0 Å². The summed E-state index contributed by atoms with van der Waals surface area (Å²) in [6, 6.07) is 1.77. The molecule has 0 aliphatic heterocycles. The Morgan fingerprint density at radius 2 is 2.29 bits per heavy atom. The fourth-order valence-electron chi connectivity index (χ4n) is 1.59. The summed E-state index contributed by atoms with van der Waals surface area (Å²) in [5.41, 5.74) is 4.66. The summed E-state index contributed by atoms with van der Waals surface area (Å²) in [4.78, 5) is 28.3. The number of hydrogen-bond acceptors (Lipinski definition) is 4. The second-order valence-electron chi connectivity index (χ2n) is 3.70. The molecule has 5 nitrogen and oxygen atoms in total. The largest absolute Gasteiger partial charge is 0.393 e. The first-order valence-corrected chi connectivity index (χ1v) is 6.23. The summed E-state index contributed by atoms with van der Waals surface area (Å²) in [6.45, 7) is 2.11. The normalized spacial score (nSPS) is 10.9. The molecule has 2 aromatic heterocycles. The molecule has 0 fully saturated rings. The summed E-state index contributed by atoms with van der Waals surface area (Å²) >= 11 is 6.13. The van der Waals surface area contributed by atoms with Gasteiger partial charge < -0.3 is 5.73 Å². The molecule has 0 aromatic carbocycles. The quantitative estimate of drug-likeness (QED) is 0.805. The number of aromatic amines is 1. The summed E-state index contributed by atoms with van der Waals surface area (Å²) in [7, 11) is 0. The highest BCUT2D eigenvalue weighted by atomic mass is 32.1. The van der Waals surface area contributed by atoms with Crippen LogP contribution in [0.3, 0.4) is 0 Å². The van der Waals surface area contributed by atoms with E-state index in [1.54, 1.807) is 6.07 Å². The Morgan fingerprint density at radius 3 is 2.94 bits per heavy atom. The van der Waals surface area contributed by atoms with Gasteiger partial charge >= 0.3 is 5.69 Å². The Kier molecular flexibility index (Phi) is 3.12. The van der Waals surface area contributed by atoms with Gasteiger partial charge in [-0.25, -0.2) is 4.79 Å². The standard InChI is InChI=1S/C10H11N3O2S2/c1-5-4-6-8(17-5)12-10(15)13(9(6)14)3-2-7(11)16/h4H,2-3H2,1H3,(H2,11,16)(H,12,15). The zero-order chi connectivity index (χ0) is 12.6. The highest BCUT2D eigenvalue weighted by Gasteiger charge is 2.09. The molecule has 17 heavy (non-hydrogen) atoms. The molecule has 0 spiro atoms. The SMILES string of the molecule is Cc1cc2c(=O)n(CCC(N)=S)c(=O)[nH]c2s1. The van der Waals surface area contributed by atoms with E-state index in [-0.39, 0.29) is 17.1 Å². The van der Waals surface area contributed by atoms with Crippen molar-refractivity contribution in [2.75, 3.05) is 0 Å². The molecule has 0 unspecified atom stereocenters. The van der Waals surface area contributed by atoms with E-state index in [2.05, 4.69) is 4.98 Å². The Labute approximate surface area is 106 Å². The van der Waals surface area contributed by atoms with Gasteiger partial charge in [0.05, 0.1) is 10.4 Å². The predicted octanol–water partition coefficient (Wildman–Crippen LogP) is 0.736. The third-order valence-electron chi connectivity index (χ3n) is 2.38. The molecule has 2 aromatic rings. The molecule has 2 heterocycles. The highest BCUT2D eigenvalue weighted by molar-refractivity contribution is 7.80. The van der Waals surface area contributed by atoms with E-state index in [0.29, 0.717) is 16.6 Å². The van der Waals surface area contributed by atoms with Gasteiger partial charge in [0, 0.05) is 17.8 Å². The summed E-state index contributed by atoms with van der Waals surface area (Å²) in [5.74, 6) is 0. The minimum atomic E-state index is -0.416. The number of fused-ring (bicyclic) bond motifs is 1. The first-order valence-electron chi connectivity index (χ1n) is 5.00. The molecule has 0 aliphatic rings. The lowest BCUT2D eigenvalue weighted by Crippen LogP contribution is -2.35. The molecule has 90 valence electrons. The van der Waals surface area contributed by atoms with E-state index in [1.807, 2.05) is 6.92 Å². The van der Waals surface area contributed by atoms with E-state index in [0.717, 1.165) is 9.44 Å². The number of H-pyrrole nitrogens is 1. The molecule has 3 N–H and O–H groups in total. The van der Waals surface area contributed by atoms with Crippen LogP contribution in [0.25, 0.3) is 10.2 Å². The van der Waals surface area contributed by atoms with Gasteiger partial charge in [0.2, 0.25) is 0 Å². The molecule has 2 rings (SSSR count). The van der Waals surface area contributed by atoms with E-state index in [1.165, 1.54) is 11.3 Å². The van der Waals surface area contributed by atoms with Crippen molar-refractivity contribution in [3.63, 3.8) is 0 Å². The molecular weight excluding hydrogens is 258 g/mol. The minimum absolute atomic E-state index is 0.217. The molecule has 0 aliphatic carbocycles. The maximum absolute atomic E-state index is 12.0. The zero-order valence-corrected chi connectivity index (χ0v) is 10.8. The van der Waals surface area contributed by atoms with Gasteiger partial charge in [-0.05, 0) is 13.0 Å². The van der Waals surface area contributed by atoms with Crippen LogP contribution in [0.5, 0.6) is 0 Å². The van der Waals surface area contributed by atoms with Gasteiger partial charge in [-0.2, -0.15) is 0 Å². The number of hydrogen-bond donors (Lipinski definition) is 2. The van der Waals surface area contributed by atoms with Crippen molar-refractivity contribution in [3.8, 4) is 0 Å². The lowest BCUT2D eigenvalue weighted by Gasteiger charge is -2.03. The van der Waals surface area contributed by atoms with Gasteiger partial charge in [0.15, 0.2) is 0 Å². The smallest absolute Gasteiger partial charge is 0.329 e. The van der Waals surface area contributed by atoms with Crippen molar-refractivity contribution in [2.45, 2.75) is 19.9 Å². The number of aromatic nitrogens is 2. The number of aryl methyl sites for hydroxylation is 1. The van der Waals surface area contributed by atoms with Crippen LogP contribution in [0.15, 0.2) is 15.7 Å². The molecule has 0 atom stereocenters. The average molecular weight is 269 g/mol. The third kappa shape index (κ3) is 2.29. The topological polar surface area (TPSA) is 80.9 Å². The maximum Gasteiger partial charge on any atom is 0.329 e. The van der Waals surface area contributed by atoms with Crippen LogP contribution in [0, 0.1) is 6.92 Å². The zero-order valence-electron chi connectivity index (χ0n) is 9.15.